The van der Waals surface area contributed by atoms with Gasteiger partial charge in [-0.2, -0.15) is 0 Å². The molecule has 1 N–H and O–H groups in total. The van der Waals surface area contributed by atoms with Crippen LogP contribution in [-0.4, -0.2) is 75.9 Å². The lowest BCUT2D eigenvalue weighted by Crippen LogP contribution is -2.48. The van der Waals surface area contributed by atoms with E-state index in [1.54, 1.807) is 12.4 Å². The predicted molar refractivity (Wildman–Crippen MR) is 119 cm³/mol. The highest BCUT2D eigenvalue weighted by Gasteiger charge is 2.17. The topological polar surface area (TPSA) is 65.8 Å². The van der Waals surface area contributed by atoms with E-state index in [1.807, 2.05) is 22.7 Å². The van der Waals surface area contributed by atoms with Crippen molar-refractivity contribution in [2.75, 3.05) is 45.8 Å². The summed E-state index contributed by atoms with van der Waals surface area (Å²) in [5.41, 5.74) is 4.08. The number of hydrogen-bond acceptors (Lipinski definition) is 5. The van der Waals surface area contributed by atoms with E-state index in [4.69, 9.17) is 0 Å². The van der Waals surface area contributed by atoms with Gasteiger partial charge in [-0.25, -0.2) is 4.98 Å². The van der Waals surface area contributed by atoms with Crippen LogP contribution in [0.4, 0.5) is 0 Å². The normalized spacial score (nSPS) is 15.5. The molecule has 3 aromatic rings. The number of imidazole rings is 1. The second-order valence-corrected chi connectivity index (χ2v) is 7.94. The molecule has 0 aliphatic carbocycles. The molecule has 0 radical (unpaired) electrons. The summed E-state index contributed by atoms with van der Waals surface area (Å²) in [6.07, 6.45) is 6.54. The molecule has 1 amide bonds. The van der Waals surface area contributed by atoms with E-state index in [0.29, 0.717) is 17.9 Å². The number of carbonyl (C=O) groups is 1. The van der Waals surface area contributed by atoms with E-state index < -0.39 is 0 Å². The van der Waals surface area contributed by atoms with Gasteiger partial charge >= 0.3 is 0 Å². The summed E-state index contributed by atoms with van der Waals surface area (Å²) in [7, 11) is 0. The minimum Gasteiger partial charge on any atom is -0.349 e. The van der Waals surface area contributed by atoms with Gasteiger partial charge in [0, 0.05) is 63.4 Å². The van der Waals surface area contributed by atoms with E-state index in [9.17, 15) is 4.79 Å². The molecule has 30 heavy (non-hydrogen) atoms. The number of fused-ring (bicyclic) bond motifs is 1. The predicted octanol–water partition coefficient (Wildman–Crippen LogP) is 2.46. The minimum absolute atomic E-state index is 0.141. The Kier molecular flexibility index (Phi) is 6.40. The summed E-state index contributed by atoms with van der Waals surface area (Å²) in [4.78, 5) is 26.6. The van der Waals surface area contributed by atoms with Gasteiger partial charge in [0.1, 0.15) is 11.4 Å². The highest BCUT2D eigenvalue weighted by Crippen LogP contribution is 2.22. The number of benzene rings is 1. The van der Waals surface area contributed by atoms with Crippen molar-refractivity contribution in [1.82, 2.24) is 29.5 Å². The minimum atomic E-state index is -0.141. The van der Waals surface area contributed by atoms with Crippen LogP contribution in [0.3, 0.4) is 0 Å². The summed E-state index contributed by atoms with van der Waals surface area (Å²) < 4.78 is 1.87. The number of carbonyl (C=O) groups excluding carboxylic acids is 1. The molecule has 7 heteroatoms. The molecule has 1 aliphatic heterocycles. The van der Waals surface area contributed by atoms with Crippen LogP contribution >= 0.6 is 0 Å². The summed E-state index contributed by atoms with van der Waals surface area (Å²) >= 11 is 0. The molecule has 1 fully saturated rings. The Balaban J connectivity index is 1.37. The van der Waals surface area contributed by atoms with Crippen molar-refractivity contribution in [1.29, 1.82) is 0 Å². The van der Waals surface area contributed by atoms with Gasteiger partial charge in [0.05, 0.1) is 0 Å². The van der Waals surface area contributed by atoms with Gasteiger partial charge in [-0.1, -0.05) is 36.8 Å². The van der Waals surface area contributed by atoms with Gasteiger partial charge in [-0.3, -0.25) is 14.7 Å². The van der Waals surface area contributed by atoms with Gasteiger partial charge in [0.25, 0.3) is 5.91 Å². The maximum atomic E-state index is 12.7. The third kappa shape index (κ3) is 4.68. The van der Waals surface area contributed by atoms with Crippen LogP contribution in [0.15, 0.2) is 42.9 Å². The molecule has 7 nitrogen and oxygen atoms in total. The quantitative estimate of drug-likeness (QED) is 0.653. The van der Waals surface area contributed by atoms with Crippen molar-refractivity contribution >= 4 is 11.6 Å². The summed E-state index contributed by atoms with van der Waals surface area (Å²) in [5.74, 6) is -0.141. The molecule has 3 heterocycles. The molecule has 0 atom stereocenters. The number of amides is 1. The van der Waals surface area contributed by atoms with Crippen LogP contribution in [0.1, 0.15) is 29.4 Å². The maximum absolute atomic E-state index is 12.7. The second kappa shape index (κ2) is 9.36. The number of aromatic nitrogens is 3. The largest absolute Gasteiger partial charge is 0.349 e. The van der Waals surface area contributed by atoms with E-state index in [-0.39, 0.29) is 5.91 Å². The highest BCUT2D eigenvalue weighted by atomic mass is 16.1. The Labute approximate surface area is 177 Å². The number of hydrogen-bond donors (Lipinski definition) is 1. The first kappa shape index (κ1) is 20.5. The number of nitrogens with zero attached hydrogens (tertiary/aromatic N) is 5. The molecule has 1 saturated heterocycles. The Hall–Kier alpha value is -2.77. The maximum Gasteiger partial charge on any atom is 0.271 e. The third-order valence-electron chi connectivity index (χ3n) is 5.65. The first-order valence-electron chi connectivity index (χ1n) is 10.8. The molecule has 4 rings (SSSR count). The van der Waals surface area contributed by atoms with Crippen molar-refractivity contribution in [3.05, 3.63) is 54.1 Å². The monoisotopic (exact) mass is 406 g/mol. The van der Waals surface area contributed by atoms with Crippen LogP contribution < -0.4 is 5.32 Å². The zero-order valence-electron chi connectivity index (χ0n) is 17.8. The fourth-order valence-electron chi connectivity index (χ4n) is 3.92. The molecule has 0 spiro atoms. The van der Waals surface area contributed by atoms with Crippen LogP contribution in [0, 0.1) is 6.92 Å². The van der Waals surface area contributed by atoms with Crippen LogP contribution in [-0.2, 0) is 0 Å². The van der Waals surface area contributed by atoms with Gasteiger partial charge in [-0.15, -0.1) is 0 Å². The van der Waals surface area contributed by atoms with Crippen LogP contribution in [0.2, 0.25) is 0 Å². The number of aryl methyl sites for hydroxylation is 1. The molecule has 0 bridgehead atoms. The smallest absolute Gasteiger partial charge is 0.271 e. The standard InChI is InChI=1S/C23H30N6O/c1-3-10-27-13-15-28(16-14-27)11-8-25-23(30)20-17-29-12-9-24-21(22(29)26-20)19-6-4-18(2)5-7-19/h4-7,9,12,17H,3,8,10-11,13-16H2,1-2H3,(H,25,30). The van der Waals surface area contributed by atoms with Crippen molar-refractivity contribution in [2.45, 2.75) is 20.3 Å². The van der Waals surface area contributed by atoms with E-state index in [1.165, 1.54) is 18.5 Å². The first-order valence-corrected chi connectivity index (χ1v) is 10.8. The average Bonchev–Trinajstić information content (AvgIpc) is 3.20. The summed E-state index contributed by atoms with van der Waals surface area (Å²) in [6, 6.07) is 8.18. The molecule has 0 saturated carbocycles. The van der Waals surface area contributed by atoms with E-state index >= 15 is 0 Å². The molecular weight excluding hydrogens is 376 g/mol. The average molecular weight is 407 g/mol. The Bertz CT molecular complexity index is 989. The fourth-order valence-corrected chi connectivity index (χ4v) is 3.92. The van der Waals surface area contributed by atoms with Gasteiger partial charge < -0.3 is 14.6 Å². The zero-order chi connectivity index (χ0) is 20.9. The second-order valence-electron chi connectivity index (χ2n) is 7.94. The Morgan fingerprint density at radius 1 is 1.07 bits per heavy atom. The summed E-state index contributed by atoms with van der Waals surface area (Å²) in [5, 5.41) is 3.02. The van der Waals surface area contributed by atoms with Crippen LogP contribution in [0.25, 0.3) is 16.9 Å². The van der Waals surface area contributed by atoms with E-state index in [0.717, 1.165) is 44.0 Å². The number of rotatable bonds is 7. The number of piperazine rings is 1. The van der Waals surface area contributed by atoms with Crippen molar-refractivity contribution in [3.63, 3.8) is 0 Å². The van der Waals surface area contributed by atoms with Crippen molar-refractivity contribution < 1.29 is 4.79 Å². The molecule has 1 aliphatic rings. The molecule has 0 unspecified atom stereocenters. The Morgan fingerprint density at radius 3 is 2.47 bits per heavy atom. The fraction of sp³-hybridized carbons (Fsp3) is 0.435. The SMILES string of the molecule is CCCN1CCN(CCNC(=O)c2cn3ccnc(-c4ccc(C)cc4)c3n2)CC1. The molecule has 158 valence electrons. The van der Waals surface area contributed by atoms with Gasteiger partial charge in [0.15, 0.2) is 5.65 Å². The molecule has 1 aromatic carbocycles. The first-order chi connectivity index (χ1) is 14.6. The van der Waals surface area contributed by atoms with E-state index in [2.05, 4.69) is 51.1 Å². The Morgan fingerprint density at radius 2 is 1.77 bits per heavy atom. The summed E-state index contributed by atoms with van der Waals surface area (Å²) in [6.45, 7) is 11.3. The van der Waals surface area contributed by atoms with Crippen molar-refractivity contribution in [2.24, 2.45) is 0 Å². The lowest BCUT2D eigenvalue weighted by atomic mass is 10.1. The van der Waals surface area contributed by atoms with Gasteiger partial charge in [-0.05, 0) is 19.9 Å². The number of nitrogens with one attached hydrogen (secondary N) is 1. The molecule has 2 aromatic heterocycles. The lowest BCUT2D eigenvalue weighted by Gasteiger charge is -2.34. The van der Waals surface area contributed by atoms with Crippen LogP contribution in [0.5, 0.6) is 0 Å². The zero-order valence-corrected chi connectivity index (χ0v) is 17.8. The van der Waals surface area contributed by atoms with Gasteiger partial charge in [0.2, 0.25) is 0 Å². The third-order valence-corrected chi connectivity index (χ3v) is 5.65. The lowest BCUT2D eigenvalue weighted by molar-refractivity contribution is 0.0932. The molecular formula is C23H30N6O. The highest BCUT2D eigenvalue weighted by molar-refractivity contribution is 5.93. The van der Waals surface area contributed by atoms with Crippen molar-refractivity contribution in [3.8, 4) is 11.3 Å².